The molecular weight excluding hydrogens is 372 g/mol. The maximum absolute atomic E-state index is 12.6. The number of hydrogen-bond donors (Lipinski definition) is 0. The molecule has 0 radical (unpaired) electrons. The predicted molar refractivity (Wildman–Crippen MR) is 96.0 cm³/mol. The highest BCUT2D eigenvalue weighted by Crippen LogP contribution is 2.27. The maximum Gasteiger partial charge on any atom is 0.347 e. The number of carbonyl (C=O) groups is 2. The molecule has 0 bridgehead atoms. The van der Waals surface area contributed by atoms with Crippen molar-refractivity contribution >= 4 is 27.7 Å². The molecule has 2 aromatic carbocycles. The van der Waals surface area contributed by atoms with E-state index in [2.05, 4.69) is 15.9 Å². The van der Waals surface area contributed by atoms with Crippen molar-refractivity contribution in [2.75, 3.05) is 0 Å². The van der Waals surface area contributed by atoms with E-state index in [1.54, 1.807) is 36.4 Å². The van der Waals surface area contributed by atoms with Crippen LogP contribution in [0.15, 0.2) is 40.9 Å². The first-order valence-electron chi connectivity index (χ1n) is 7.58. The molecule has 0 aliphatic rings. The number of aryl methyl sites for hydroxylation is 1. The van der Waals surface area contributed by atoms with Crippen molar-refractivity contribution in [3.8, 4) is 11.5 Å². The van der Waals surface area contributed by atoms with E-state index in [0.29, 0.717) is 16.9 Å². The van der Waals surface area contributed by atoms with Gasteiger partial charge in [-0.15, -0.1) is 0 Å². The Labute approximate surface area is 149 Å². The third-order valence-corrected chi connectivity index (χ3v) is 3.74. The number of esters is 1. The first kappa shape index (κ1) is 18.2. The van der Waals surface area contributed by atoms with Gasteiger partial charge in [0, 0.05) is 4.47 Å². The third-order valence-electron chi connectivity index (χ3n) is 3.24. The number of halogens is 1. The molecule has 0 amide bonds. The van der Waals surface area contributed by atoms with Crippen LogP contribution in [0.5, 0.6) is 11.5 Å². The number of ketones is 1. The Hall–Kier alpha value is -2.14. The highest BCUT2D eigenvalue weighted by atomic mass is 79.9. The molecule has 0 saturated heterocycles. The quantitative estimate of drug-likeness (QED) is 0.410. The number of benzene rings is 2. The van der Waals surface area contributed by atoms with Crippen LogP contribution in [0.1, 0.15) is 47.1 Å². The molecule has 0 spiro atoms. The fourth-order valence-electron chi connectivity index (χ4n) is 2.18. The molecule has 0 atom stereocenters. The van der Waals surface area contributed by atoms with Gasteiger partial charge in [0.2, 0.25) is 0 Å². The number of ether oxygens (including phenoxy) is 2. The fraction of sp³-hybridized carbons (Fsp3) is 0.263. The second-order valence-corrected chi connectivity index (χ2v) is 6.67. The van der Waals surface area contributed by atoms with E-state index in [4.69, 9.17) is 9.47 Å². The zero-order valence-corrected chi connectivity index (χ0v) is 15.6. The molecule has 0 heterocycles. The summed E-state index contributed by atoms with van der Waals surface area (Å²) in [6, 6.07) is 10.3. The summed E-state index contributed by atoms with van der Waals surface area (Å²) in [4.78, 5) is 24.4. The minimum atomic E-state index is -0.569. The van der Waals surface area contributed by atoms with Crippen molar-refractivity contribution in [1.29, 1.82) is 0 Å². The molecule has 126 valence electrons. The predicted octanol–water partition coefficient (Wildman–Crippen LogP) is 4.97. The largest absolute Gasteiger partial charge is 0.490 e. The molecule has 0 aliphatic carbocycles. The van der Waals surface area contributed by atoms with Gasteiger partial charge in [0.05, 0.1) is 11.7 Å². The number of carbonyl (C=O) groups excluding carboxylic acids is 2. The maximum atomic E-state index is 12.6. The molecule has 2 aromatic rings. The minimum absolute atomic E-state index is 0.0792. The van der Waals surface area contributed by atoms with Crippen LogP contribution >= 0.6 is 15.9 Å². The van der Waals surface area contributed by atoms with Gasteiger partial charge in [0.15, 0.2) is 5.78 Å². The second kappa shape index (κ2) is 7.62. The average Bonchev–Trinajstić information content (AvgIpc) is 2.48. The summed E-state index contributed by atoms with van der Waals surface area (Å²) in [5.41, 5.74) is 1.57. The minimum Gasteiger partial charge on any atom is -0.490 e. The first-order valence-corrected chi connectivity index (χ1v) is 8.37. The summed E-state index contributed by atoms with van der Waals surface area (Å²) in [5, 5.41) is 0. The highest BCUT2D eigenvalue weighted by Gasteiger charge is 2.19. The summed E-state index contributed by atoms with van der Waals surface area (Å²) in [7, 11) is 0. The van der Waals surface area contributed by atoms with E-state index in [1.165, 1.54) is 6.92 Å². The standard InChI is InChI=1S/C19H19BrO4/c1-11(2)23-17-8-6-14(20)10-16(17)19(22)24-18-9-12(3)5-7-15(18)13(4)21/h5-11H,1-4H3. The van der Waals surface area contributed by atoms with Gasteiger partial charge in [-0.1, -0.05) is 22.0 Å². The lowest BCUT2D eigenvalue weighted by Gasteiger charge is -2.15. The van der Waals surface area contributed by atoms with Crippen molar-refractivity contribution < 1.29 is 19.1 Å². The molecule has 24 heavy (non-hydrogen) atoms. The van der Waals surface area contributed by atoms with Crippen molar-refractivity contribution in [2.24, 2.45) is 0 Å². The summed E-state index contributed by atoms with van der Waals surface area (Å²) in [5.74, 6) is -0.0380. The Morgan fingerprint density at radius 2 is 1.71 bits per heavy atom. The molecule has 4 nitrogen and oxygen atoms in total. The van der Waals surface area contributed by atoms with E-state index in [1.807, 2.05) is 20.8 Å². The van der Waals surface area contributed by atoms with Gasteiger partial charge in [0.25, 0.3) is 0 Å². The van der Waals surface area contributed by atoms with E-state index < -0.39 is 5.97 Å². The van der Waals surface area contributed by atoms with Crippen molar-refractivity contribution in [3.63, 3.8) is 0 Å². The van der Waals surface area contributed by atoms with Gasteiger partial charge in [0.1, 0.15) is 17.1 Å². The Balaban J connectivity index is 2.39. The molecule has 0 fully saturated rings. The van der Waals surface area contributed by atoms with Crippen LogP contribution in [0.25, 0.3) is 0 Å². The average molecular weight is 391 g/mol. The molecule has 0 saturated carbocycles. The third kappa shape index (κ3) is 4.45. The van der Waals surface area contributed by atoms with E-state index in [9.17, 15) is 9.59 Å². The zero-order chi connectivity index (χ0) is 17.9. The summed E-state index contributed by atoms with van der Waals surface area (Å²) < 4.78 is 11.9. The van der Waals surface area contributed by atoms with Gasteiger partial charge in [-0.25, -0.2) is 4.79 Å². The normalized spacial score (nSPS) is 10.6. The monoisotopic (exact) mass is 390 g/mol. The Morgan fingerprint density at radius 1 is 1.00 bits per heavy atom. The van der Waals surface area contributed by atoms with Crippen LogP contribution in [0.4, 0.5) is 0 Å². The summed E-state index contributed by atoms with van der Waals surface area (Å²) in [6.45, 7) is 7.07. The highest BCUT2D eigenvalue weighted by molar-refractivity contribution is 9.10. The number of Topliss-reactive ketones (excluding diaryl/α,β-unsaturated/α-hetero) is 1. The van der Waals surface area contributed by atoms with Crippen LogP contribution in [-0.2, 0) is 0 Å². The first-order chi connectivity index (χ1) is 11.3. The molecule has 0 aromatic heterocycles. The lowest BCUT2D eigenvalue weighted by Crippen LogP contribution is -2.15. The van der Waals surface area contributed by atoms with Crippen LogP contribution in [0.2, 0.25) is 0 Å². The van der Waals surface area contributed by atoms with Gasteiger partial charge in [-0.05, 0) is 63.6 Å². The number of hydrogen-bond acceptors (Lipinski definition) is 4. The van der Waals surface area contributed by atoms with Gasteiger partial charge >= 0.3 is 5.97 Å². The fourth-order valence-corrected chi connectivity index (χ4v) is 2.54. The lowest BCUT2D eigenvalue weighted by molar-refractivity contribution is 0.0726. The molecule has 5 heteroatoms. The lowest BCUT2D eigenvalue weighted by atomic mass is 10.1. The topological polar surface area (TPSA) is 52.6 Å². The van der Waals surface area contributed by atoms with Crippen molar-refractivity contribution in [1.82, 2.24) is 0 Å². The Kier molecular flexibility index (Phi) is 5.78. The second-order valence-electron chi connectivity index (χ2n) is 5.75. The van der Waals surface area contributed by atoms with E-state index in [0.717, 1.165) is 10.0 Å². The molecule has 2 rings (SSSR count). The summed E-state index contributed by atoms with van der Waals surface area (Å²) in [6.07, 6.45) is -0.0792. The summed E-state index contributed by atoms with van der Waals surface area (Å²) >= 11 is 3.35. The van der Waals surface area contributed by atoms with Crippen LogP contribution in [-0.4, -0.2) is 17.9 Å². The smallest absolute Gasteiger partial charge is 0.347 e. The van der Waals surface area contributed by atoms with Crippen LogP contribution in [0.3, 0.4) is 0 Å². The van der Waals surface area contributed by atoms with Crippen LogP contribution < -0.4 is 9.47 Å². The molecule has 0 unspecified atom stereocenters. The SMILES string of the molecule is CC(=O)c1ccc(C)cc1OC(=O)c1cc(Br)ccc1OC(C)C. The van der Waals surface area contributed by atoms with Gasteiger partial charge < -0.3 is 9.47 Å². The van der Waals surface area contributed by atoms with Gasteiger partial charge in [-0.3, -0.25) is 4.79 Å². The van der Waals surface area contributed by atoms with Crippen LogP contribution in [0, 0.1) is 6.92 Å². The van der Waals surface area contributed by atoms with E-state index in [-0.39, 0.29) is 17.6 Å². The molecular formula is C19H19BrO4. The Bertz CT molecular complexity index is 781. The molecule has 0 aliphatic heterocycles. The van der Waals surface area contributed by atoms with E-state index >= 15 is 0 Å². The zero-order valence-electron chi connectivity index (χ0n) is 14.1. The Morgan fingerprint density at radius 3 is 2.33 bits per heavy atom. The number of rotatable bonds is 5. The van der Waals surface area contributed by atoms with Gasteiger partial charge in [-0.2, -0.15) is 0 Å². The molecule has 0 N–H and O–H groups in total. The van der Waals surface area contributed by atoms with Crippen molar-refractivity contribution in [3.05, 3.63) is 57.6 Å². The van der Waals surface area contributed by atoms with Crippen molar-refractivity contribution in [2.45, 2.75) is 33.8 Å².